The number of amides is 3. The zero-order valence-electron chi connectivity index (χ0n) is 15.4. The smallest absolute Gasteiger partial charge is 0.320 e. The molecule has 2 N–H and O–H groups in total. The van der Waals surface area contributed by atoms with E-state index in [9.17, 15) is 14.9 Å². The summed E-state index contributed by atoms with van der Waals surface area (Å²) in [5.41, 5.74) is -0.185. The first-order valence-electron chi connectivity index (χ1n) is 9.89. The molecule has 1 aliphatic heterocycles. The van der Waals surface area contributed by atoms with E-state index in [4.69, 9.17) is 0 Å². The van der Waals surface area contributed by atoms with Crippen LogP contribution in [0, 0.1) is 22.7 Å². The molecule has 7 nitrogen and oxygen atoms in total. The third kappa shape index (κ3) is 3.48. The first-order valence-corrected chi connectivity index (χ1v) is 9.89. The van der Waals surface area contributed by atoms with Gasteiger partial charge in [0, 0.05) is 30.5 Å². The van der Waals surface area contributed by atoms with Crippen LogP contribution in [0.3, 0.4) is 0 Å². The Morgan fingerprint density at radius 2 is 2.04 bits per heavy atom. The first-order chi connectivity index (χ1) is 13.1. The third-order valence-electron chi connectivity index (χ3n) is 6.07. The molecule has 0 aromatic carbocycles. The van der Waals surface area contributed by atoms with Gasteiger partial charge in [0.15, 0.2) is 0 Å². The Labute approximate surface area is 159 Å². The Hall–Kier alpha value is -2.62. The van der Waals surface area contributed by atoms with Gasteiger partial charge in [0.05, 0.1) is 6.07 Å². The zero-order valence-corrected chi connectivity index (χ0v) is 15.4. The van der Waals surface area contributed by atoms with Gasteiger partial charge in [0.1, 0.15) is 11.2 Å². The molecule has 0 unspecified atom stereocenters. The molecule has 3 aliphatic rings. The summed E-state index contributed by atoms with van der Waals surface area (Å²) in [5.74, 6) is 0.492. The molecule has 7 heteroatoms. The normalized spacial score (nSPS) is 25.9. The molecule has 4 rings (SSSR count). The molecule has 0 bridgehead atoms. The van der Waals surface area contributed by atoms with Gasteiger partial charge in [-0.2, -0.15) is 5.26 Å². The second-order valence-corrected chi connectivity index (χ2v) is 7.90. The van der Waals surface area contributed by atoms with E-state index in [1.807, 2.05) is 0 Å². The highest BCUT2D eigenvalue weighted by Gasteiger charge is 2.56. The topological polar surface area (TPSA) is 98.1 Å². The fourth-order valence-electron chi connectivity index (χ4n) is 4.37. The van der Waals surface area contributed by atoms with Crippen LogP contribution in [-0.2, 0) is 4.79 Å². The summed E-state index contributed by atoms with van der Waals surface area (Å²) in [6.07, 6.45) is 9.63. The van der Waals surface area contributed by atoms with Crippen LogP contribution in [0.5, 0.6) is 0 Å². The molecule has 1 saturated heterocycles. The number of carbonyl (C=O) groups excluding carboxylic acids is 2. The lowest BCUT2D eigenvalue weighted by atomic mass is 9.83. The van der Waals surface area contributed by atoms with Crippen LogP contribution in [-0.4, -0.2) is 29.5 Å². The van der Waals surface area contributed by atoms with Crippen LogP contribution < -0.4 is 15.5 Å². The predicted molar refractivity (Wildman–Crippen MR) is 101 cm³/mol. The number of nitrogens with zero attached hydrogens (tertiary/aromatic N) is 3. The molecule has 0 spiro atoms. The Morgan fingerprint density at radius 3 is 2.74 bits per heavy atom. The Balaban J connectivity index is 1.43. The number of urea groups is 1. The van der Waals surface area contributed by atoms with Gasteiger partial charge in [0.25, 0.3) is 0 Å². The molecular weight excluding hydrogens is 342 g/mol. The highest BCUT2D eigenvalue weighted by atomic mass is 16.2. The van der Waals surface area contributed by atoms with E-state index in [0.29, 0.717) is 24.5 Å². The maximum Gasteiger partial charge on any atom is 0.320 e. The van der Waals surface area contributed by atoms with Crippen molar-refractivity contribution in [2.24, 2.45) is 11.3 Å². The van der Waals surface area contributed by atoms with Gasteiger partial charge in [-0.25, -0.2) is 9.78 Å². The van der Waals surface area contributed by atoms with Crippen LogP contribution >= 0.6 is 0 Å². The molecule has 1 aromatic heterocycles. The van der Waals surface area contributed by atoms with E-state index in [-0.39, 0.29) is 23.9 Å². The molecule has 3 amide bonds. The van der Waals surface area contributed by atoms with Crippen LogP contribution in [0.25, 0.3) is 0 Å². The number of rotatable bonds is 4. The number of anilines is 2. The number of carbonyl (C=O) groups is 2. The number of nitriles is 1. The van der Waals surface area contributed by atoms with Gasteiger partial charge >= 0.3 is 6.03 Å². The molecular formula is C20H25N5O2. The van der Waals surface area contributed by atoms with Crippen LogP contribution in [0.4, 0.5) is 16.3 Å². The highest BCUT2D eigenvalue weighted by molar-refractivity contribution is 6.02. The number of pyridine rings is 1. The molecule has 3 fully saturated rings. The minimum Gasteiger partial charge on any atom is -0.335 e. The Morgan fingerprint density at radius 1 is 1.26 bits per heavy atom. The largest absolute Gasteiger partial charge is 0.335 e. The van der Waals surface area contributed by atoms with Gasteiger partial charge in [-0.15, -0.1) is 0 Å². The molecule has 1 aromatic rings. The number of aromatic nitrogens is 1. The van der Waals surface area contributed by atoms with Crippen molar-refractivity contribution in [1.29, 1.82) is 5.26 Å². The summed E-state index contributed by atoms with van der Waals surface area (Å²) >= 11 is 0. The van der Waals surface area contributed by atoms with E-state index in [1.54, 1.807) is 23.2 Å². The van der Waals surface area contributed by atoms with E-state index < -0.39 is 5.41 Å². The monoisotopic (exact) mass is 367 g/mol. The maximum atomic E-state index is 12.9. The van der Waals surface area contributed by atoms with Gasteiger partial charge in [-0.05, 0) is 44.1 Å². The predicted octanol–water partition coefficient (Wildman–Crippen LogP) is 3.19. The van der Waals surface area contributed by atoms with Crippen molar-refractivity contribution >= 4 is 23.4 Å². The number of hydrogen-bond acceptors (Lipinski definition) is 4. The van der Waals surface area contributed by atoms with Crippen LogP contribution in [0.1, 0.15) is 51.4 Å². The average molecular weight is 367 g/mol. The van der Waals surface area contributed by atoms with Crippen molar-refractivity contribution in [2.45, 2.75) is 57.4 Å². The van der Waals surface area contributed by atoms with Crippen molar-refractivity contribution in [1.82, 2.24) is 10.3 Å². The van der Waals surface area contributed by atoms with E-state index in [0.717, 1.165) is 38.5 Å². The Kier molecular flexibility index (Phi) is 4.73. The van der Waals surface area contributed by atoms with Crippen molar-refractivity contribution in [3.05, 3.63) is 18.3 Å². The lowest BCUT2D eigenvalue weighted by Crippen LogP contribution is -2.39. The zero-order chi connectivity index (χ0) is 18.9. The van der Waals surface area contributed by atoms with E-state index in [1.165, 1.54) is 6.42 Å². The van der Waals surface area contributed by atoms with Crippen molar-refractivity contribution in [3.8, 4) is 6.07 Å². The first kappa shape index (κ1) is 17.8. The SMILES string of the molecule is N#C[C@@]1(C2CC2)CCN(c2ccnc(NC(=O)NC3CCCCC3)c2)C1=O. The van der Waals surface area contributed by atoms with Crippen LogP contribution in [0.2, 0.25) is 0 Å². The molecule has 142 valence electrons. The summed E-state index contributed by atoms with van der Waals surface area (Å²) in [5, 5.41) is 15.4. The minimum absolute atomic E-state index is 0.115. The van der Waals surface area contributed by atoms with Crippen molar-refractivity contribution < 1.29 is 9.59 Å². The molecule has 2 aliphatic carbocycles. The number of nitrogens with one attached hydrogen (secondary N) is 2. The summed E-state index contributed by atoms with van der Waals surface area (Å²) in [4.78, 5) is 31.0. The summed E-state index contributed by atoms with van der Waals surface area (Å²) in [6.45, 7) is 0.528. The molecule has 2 heterocycles. The second-order valence-electron chi connectivity index (χ2n) is 7.90. The van der Waals surface area contributed by atoms with E-state index in [2.05, 4.69) is 21.7 Å². The highest BCUT2D eigenvalue weighted by Crippen LogP contribution is 2.51. The van der Waals surface area contributed by atoms with E-state index >= 15 is 0 Å². The Bertz CT molecular complexity index is 779. The van der Waals surface area contributed by atoms with Crippen molar-refractivity contribution in [2.75, 3.05) is 16.8 Å². The lowest BCUT2D eigenvalue weighted by molar-refractivity contribution is -0.123. The molecule has 0 radical (unpaired) electrons. The minimum atomic E-state index is -0.866. The van der Waals surface area contributed by atoms with Gasteiger partial charge in [-0.3, -0.25) is 10.1 Å². The number of hydrogen-bond donors (Lipinski definition) is 2. The standard InChI is InChI=1S/C20H25N5O2/c21-13-20(14-6-7-14)9-11-25(18(20)26)16-8-10-22-17(12-16)24-19(27)23-15-4-2-1-3-5-15/h8,10,12,14-15H,1-7,9,11H2,(H2,22,23,24,27)/t20-/m1/s1. The molecule has 27 heavy (non-hydrogen) atoms. The quantitative estimate of drug-likeness (QED) is 0.854. The van der Waals surface area contributed by atoms with Crippen LogP contribution in [0.15, 0.2) is 18.3 Å². The summed E-state index contributed by atoms with van der Waals surface area (Å²) in [7, 11) is 0. The summed E-state index contributed by atoms with van der Waals surface area (Å²) in [6, 6.07) is 5.71. The molecule has 1 atom stereocenters. The molecule has 2 saturated carbocycles. The maximum absolute atomic E-state index is 12.9. The summed E-state index contributed by atoms with van der Waals surface area (Å²) < 4.78 is 0. The fraction of sp³-hybridized carbons (Fsp3) is 0.600. The lowest BCUT2D eigenvalue weighted by Gasteiger charge is -2.23. The van der Waals surface area contributed by atoms with Gasteiger partial charge < -0.3 is 10.2 Å². The van der Waals surface area contributed by atoms with Gasteiger partial charge in [0.2, 0.25) is 5.91 Å². The fourth-order valence-corrected chi connectivity index (χ4v) is 4.37. The van der Waals surface area contributed by atoms with Gasteiger partial charge in [-0.1, -0.05) is 19.3 Å². The van der Waals surface area contributed by atoms with Crippen molar-refractivity contribution in [3.63, 3.8) is 0 Å². The average Bonchev–Trinajstić information content (AvgIpc) is 3.47. The second kappa shape index (κ2) is 7.18. The third-order valence-corrected chi connectivity index (χ3v) is 6.07.